The van der Waals surface area contributed by atoms with E-state index in [0.29, 0.717) is 30.2 Å². The number of anilines is 1. The fourth-order valence-electron chi connectivity index (χ4n) is 4.06. The van der Waals surface area contributed by atoms with E-state index in [1.165, 1.54) is 15.6 Å². The molecule has 1 aliphatic rings. The lowest BCUT2D eigenvalue weighted by Crippen LogP contribution is -2.44. The second-order valence-corrected chi connectivity index (χ2v) is 10.7. The summed E-state index contributed by atoms with van der Waals surface area (Å²) in [6, 6.07) is 9.81. The Hall–Kier alpha value is -2.82. The van der Waals surface area contributed by atoms with Gasteiger partial charge in [0.05, 0.1) is 5.69 Å². The van der Waals surface area contributed by atoms with Gasteiger partial charge in [0.25, 0.3) is 0 Å². The van der Waals surface area contributed by atoms with Crippen LogP contribution < -0.4 is 4.90 Å². The van der Waals surface area contributed by atoms with E-state index in [-0.39, 0.29) is 35.6 Å². The average Bonchev–Trinajstić information content (AvgIpc) is 3.44. The number of aromatic nitrogens is 2. The van der Waals surface area contributed by atoms with Gasteiger partial charge in [0, 0.05) is 36.5 Å². The third-order valence-electron chi connectivity index (χ3n) is 5.74. The van der Waals surface area contributed by atoms with Gasteiger partial charge in [-0.2, -0.15) is 4.31 Å². The lowest BCUT2D eigenvalue weighted by molar-refractivity contribution is -0.123. The molecule has 0 spiro atoms. The van der Waals surface area contributed by atoms with Gasteiger partial charge < -0.3 is 4.52 Å². The van der Waals surface area contributed by atoms with Crippen molar-refractivity contribution in [1.29, 1.82) is 0 Å². The van der Waals surface area contributed by atoms with Gasteiger partial charge in [-0.05, 0) is 26.7 Å². The third-order valence-corrected chi connectivity index (χ3v) is 8.75. The molecule has 0 N–H and O–H groups in total. The maximum atomic E-state index is 13.4. The van der Waals surface area contributed by atoms with Gasteiger partial charge in [-0.1, -0.05) is 41.6 Å². The molecule has 0 atom stereocenters. The zero-order valence-corrected chi connectivity index (χ0v) is 20.2. The molecule has 33 heavy (non-hydrogen) atoms. The smallest absolute Gasteiger partial charge is 0.248 e. The van der Waals surface area contributed by atoms with Crippen molar-refractivity contribution in [3.8, 4) is 11.3 Å². The molecule has 2 aromatic heterocycles. The van der Waals surface area contributed by atoms with E-state index in [2.05, 4.69) is 16.7 Å². The van der Waals surface area contributed by atoms with E-state index in [1.54, 1.807) is 24.8 Å². The van der Waals surface area contributed by atoms with Crippen LogP contribution in [0.5, 0.6) is 0 Å². The number of hydrogen-bond acceptors (Lipinski definition) is 7. The van der Waals surface area contributed by atoms with Crippen LogP contribution in [0.25, 0.3) is 11.3 Å². The van der Waals surface area contributed by atoms with E-state index in [9.17, 15) is 13.2 Å². The minimum Gasteiger partial charge on any atom is -0.360 e. The molecule has 1 aromatic carbocycles. The van der Waals surface area contributed by atoms with Crippen LogP contribution in [-0.2, 0) is 14.8 Å². The highest BCUT2D eigenvalue weighted by molar-refractivity contribution is 7.89. The van der Waals surface area contributed by atoms with E-state index in [0.717, 1.165) is 11.3 Å². The Morgan fingerprint density at radius 2 is 1.97 bits per heavy atom. The highest BCUT2D eigenvalue weighted by Crippen LogP contribution is 2.32. The van der Waals surface area contributed by atoms with Crippen molar-refractivity contribution in [3.05, 3.63) is 59.8 Å². The van der Waals surface area contributed by atoms with E-state index in [4.69, 9.17) is 4.52 Å². The Bertz CT molecular complexity index is 1220. The van der Waals surface area contributed by atoms with Crippen LogP contribution in [0.4, 0.5) is 5.13 Å². The summed E-state index contributed by atoms with van der Waals surface area (Å²) in [4.78, 5) is 19.8. The van der Waals surface area contributed by atoms with Gasteiger partial charge in [-0.15, -0.1) is 17.9 Å². The molecule has 0 bridgehead atoms. The summed E-state index contributed by atoms with van der Waals surface area (Å²) in [6.07, 6.45) is 2.55. The monoisotopic (exact) mass is 486 g/mol. The van der Waals surface area contributed by atoms with Crippen LogP contribution in [0, 0.1) is 19.8 Å². The Balaban J connectivity index is 1.48. The van der Waals surface area contributed by atoms with Gasteiger partial charge in [-0.3, -0.25) is 9.69 Å². The number of nitrogens with zero attached hydrogens (tertiary/aromatic N) is 4. The average molecular weight is 487 g/mol. The summed E-state index contributed by atoms with van der Waals surface area (Å²) < 4.78 is 32.6. The number of aryl methyl sites for hydroxylation is 2. The zero-order valence-electron chi connectivity index (χ0n) is 18.6. The lowest BCUT2D eigenvalue weighted by Gasteiger charge is -2.32. The van der Waals surface area contributed by atoms with Gasteiger partial charge in [0.2, 0.25) is 15.9 Å². The summed E-state index contributed by atoms with van der Waals surface area (Å²) in [7, 11) is -3.71. The molecule has 0 unspecified atom stereocenters. The Labute approximate surface area is 197 Å². The SMILES string of the molecule is C=CCN(C(=O)C1CCN(S(=O)(=O)c2c(C)noc2C)CC1)c1nc(-c2ccccc2)cs1. The maximum Gasteiger partial charge on any atom is 0.248 e. The first-order valence-corrected chi connectivity index (χ1v) is 13.0. The number of hydrogen-bond donors (Lipinski definition) is 0. The fourth-order valence-corrected chi connectivity index (χ4v) is 6.67. The molecule has 0 aliphatic carbocycles. The summed E-state index contributed by atoms with van der Waals surface area (Å²) in [5.41, 5.74) is 2.16. The molecular formula is C23H26N4O4S2. The minimum atomic E-state index is -3.71. The number of carbonyl (C=O) groups excluding carboxylic acids is 1. The van der Waals surface area contributed by atoms with E-state index in [1.807, 2.05) is 35.7 Å². The third kappa shape index (κ3) is 4.64. The highest BCUT2D eigenvalue weighted by Gasteiger charge is 2.37. The first-order valence-electron chi connectivity index (χ1n) is 10.7. The number of thiazole rings is 1. The van der Waals surface area contributed by atoms with Gasteiger partial charge in [0.15, 0.2) is 10.9 Å². The van der Waals surface area contributed by atoms with Crippen molar-refractivity contribution in [1.82, 2.24) is 14.4 Å². The molecule has 10 heteroatoms. The molecule has 1 fully saturated rings. The fraction of sp³-hybridized carbons (Fsp3) is 0.348. The predicted octanol–water partition coefficient (Wildman–Crippen LogP) is 4.03. The zero-order chi connectivity index (χ0) is 23.6. The van der Waals surface area contributed by atoms with Crippen molar-refractivity contribution >= 4 is 32.4 Å². The molecule has 3 heterocycles. The molecule has 174 valence electrons. The van der Waals surface area contributed by atoms with Crippen LogP contribution in [0.3, 0.4) is 0 Å². The van der Waals surface area contributed by atoms with Crippen molar-refractivity contribution in [2.24, 2.45) is 5.92 Å². The van der Waals surface area contributed by atoms with Gasteiger partial charge in [-0.25, -0.2) is 13.4 Å². The topological polar surface area (TPSA) is 96.6 Å². The molecule has 1 amide bonds. The second-order valence-electron chi connectivity index (χ2n) is 7.95. The van der Waals surface area contributed by atoms with Crippen molar-refractivity contribution < 1.29 is 17.7 Å². The molecule has 0 saturated carbocycles. The second kappa shape index (κ2) is 9.58. The molecule has 1 saturated heterocycles. The van der Waals surface area contributed by atoms with E-state index >= 15 is 0 Å². The van der Waals surface area contributed by atoms with Crippen molar-refractivity contribution in [3.63, 3.8) is 0 Å². The molecule has 1 aliphatic heterocycles. The van der Waals surface area contributed by atoms with Gasteiger partial charge in [0.1, 0.15) is 10.6 Å². The standard InChI is InChI=1S/C23H26N4O4S2/c1-4-12-27(23-24-20(15-32-23)18-8-6-5-7-9-18)22(28)19-10-13-26(14-11-19)33(29,30)21-16(2)25-31-17(21)3/h4-9,15,19H,1,10-14H2,2-3H3. The summed E-state index contributed by atoms with van der Waals surface area (Å²) >= 11 is 1.41. The number of benzene rings is 1. The van der Waals surface area contributed by atoms with Crippen LogP contribution in [-0.4, -0.2) is 48.4 Å². The maximum absolute atomic E-state index is 13.4. The predicted molar refractivity (Wildman–Crippen MR) is 128 cm³/mol. The van der Waals surface area contributed by atoms with Crippen LogP contribution in [0.15, 0.2) is 57.8 Å². The van der Waals surface area contributed by atoms with Gasteiger partial charge >= 0.3 is 0 Å². The number of rotatable bonds is 7. The quantitative estimate of drug-likeness (QED) is 0.468. The summed E-state index contributed by atoms with van der Waals surface area (Å²) in [5.74, 6) is -0.0655. The van der Waals surface area contributed by atoms with Crippen LogP contribution in [0.1, 0.15) is 24.3 Å². The lowest BCUT2D eigenvalue weighted by atomic mass is 9.96. The molecule has 4 rings (SSSR count). The summed E-state index contributed by atoms with van der Waals surface area (Å²) in [5, 5.41) is 6.32. The van der Waals surface area contributed by atoms with Crippen molar-refractivity contribution in [2.45, 2.75) is 31.6 Å². The normalized spacial score (nSPS) is 15.5. The van der Waals surface area contributed by atoms with Crippen molar-refractivity contribution in [2.75, 3.05) is 24.5 Å². The Morgan fingerprint density at radius 3 is 2.58 bits per heavy atom. The largest absolute Gasteiger partial charge is 0.360 e. The molecule has 3 aromatic rings. The number of piperidine rings is 1. The van der Waals surface area contributed by atoms with Crippen LogP contribution in [0.2, 0.25) is 0 Å². The first kappa shape index (κ1) is 23.3. The number of amides is 1. The minimum absolute atomic E-state index is 0.0572. The number of carbonyl (C=O) groups is 1. The molecule has 0 radical (unpaired) electrons. The summed E-state index contributed by atoms with van der Waals surface area (Å²) in [6.45, 7) is 7.86. The Kier molecular flexibility index (Phi) is 6.78. The highest BCUT2D eigenvalue weighted by atomic mass is 32.2. The molecule has 8 nitrogen and oxygen atoms in total. The Morgan fingerprint density at radius 1 is 1.27 bits per heavy atom. The molecular weight excluding hydrogens is 460 g/mol. The van der Waals surface area contributed by atoms with Crippen LogP contribution >= 0.6 is 11.3 Å². The number of sulfonamides is 1. The first-order chi connectivity index (χ1) is 15.8. The van der Waals surface area contributed by atoms with E-state index < -0.39 is 10.0 Å².